The van der Waals surface area contributed by atoms with Gasteiger partial charge in [-0.25, -0.2) is 4.79 Å². The molecule has 0 amide bonds. The highest BCUT2D eigenvalue weighted by Crippen LogP contribution is 2.25. The number of nitrogens with two attached hydrogens (primary N) is 1. The maximum atomic E-state index is 11.8. The van der Waals surface area contributed by atoms with Crippen molar-refractivity contribution in [1.82, 2.24) is 4.90 Å². The van der Waals surface area contributed by atoms with Crippen molar-refractivity contribution in [3.63, 3.8) is 0 Å². The third-order valence-electron chi connectivity index (χ3n) is 3.50. The fourth-order valence-corrected chi connectivity index (χ4v) is 2.52. The van der Waals surface area contributed by atoms with Crippen LogP contribution in [0.15, 0.2) is 18.2 Å². The van der Waals surface area contributed by atoms with Crippen LogP contribution in [0.5, 0.6) is 0 Å². The largest absolute Gasteiger partial charge is 0.465 e. The molecule has 1 aromatic carbocycles. The Balaban J connectivity index is 2.21. The molecule has 1 aliphatic rings. The van der Waals surface area contributed by atoms with Crippen LogP contribution >= 0.6 is 0 Å². The molecule has 0 radical (unpaired) electrons. The highest BCUT2D eigenvalue weighted by Gasteiger charge is 2.31. The summed E-state index contributed by atoms with van der Waals surface area (Å²) in [6.45, 7) is 3.82. The van der Waals surface area contributed by atoms with E-state index in [2.05, 4.69) is 4.90 Å². The van der Waals surface area contributed by atoms with E-state index in [0.717, 1.165) is 18.5 Å². The summed E-state index contributed by atoms with van der Waals surface area (Å²) < 4.78 is 4.78. The average Bonchev–Trinajstić information content (AvgIpc) is 2.68. The number of carbonyl (C=O) groups is 1. The Labute approximate surface area is 113 Å². The van der Waals surface area contributed by atoms with Gasteiger partial charge in [-0.05, 0) is 25.0 Å². The number of hydrogen-bond donors (Lipinski definition) is 2. The van der Waals surface area contributed by atoms with Crippen LogP contribution in [-0.2, 0) is 11.3 Å². The lowest BCUT2D eigenvalue weighted by Gasteiger charge is -2.20. The molecule has 1 heterocycles. The molecule has 19 heavy (non-hydrogen) atoms. The maximum Gasteiger partial charge on any atom is 0.340 e. The topological polar surface area (TPSA) is 75.8 Å². The number of β-amino-alcohol motifs (C(OH)–C–C–N with tert-alkyl or cyclic N) is 1. The summed E-state index contributed by atoms with van der Waals surface area (Å²) in [5, 5.41) is 9.96. The van der Waals surface area contributed by atoms with Crippen molar-refractivity contribution < 1.29 is 14.6 Å². The first-order chi connectivity index (χ1) is 8.93. The Morgan fingerprint density at radius 1 is 1.58 bits per heavy atom. The number of hydrogen-bond acceptors (Lipinski definition) is 5. The molecule has 1 aromatic rings. The zero-order valence-corrected chi connectivity index (χ0v) is 11.3. The number of esters is 1. The van der Waals surface area contributed by atoms with E-state index in [-0.39, 0.29) is 0 Å². The lowest BCUT2D eigenvalue weighted by atomic mass is 10.0. The Hall–Kier alpha value is -1.59. The summed E-state index contributed by atoms with van der Waals surface area (Å²) in [5.41, 5.74) is 6.90. The van der Waals surface area contributed by atoms with Gasteiger partial charge in [-0.2, -0.15) is 0 Å². The first kappa shape index (κ1) is 13.8. The molecule has 1 saturated heterocycles. The molecule has 1 aliphatic heterocycles. The third kappa shape index (κ3) is 3.05. The summed E-state index contributed by atoms with van der Waals surface area (Å²) in [4.78, 5) is 13.9. The Kier molecular flexibility index (Phi) is 3.78. The number of anilines is 1. The Morgan fingerprint density at radius 2 is 2.32 bits per heavy atom. The van der Waals surface area contributed by atoms with Gasteiger partial charge in [0.15, 0.2) is 0 Å². The smallest absolute Gasteiger partial charge is 0.340 e. The lowest BCUT2D eigenvalue weighted by molar-refractivity contribution is 0.0598. The predicted octanol–water partition coefficient (Wildman–Crippen LogP) is 1.01. The van der Waals surface area contributed by atoms with Crippen LogP contribution in [-0.4, -0.2) is 41.8 Å². The second-order valence-electron chi connectivity index (χ2n) is 5.33. The van der Waals surface area contributed by atoms with Gasteiger partial charge in [0.05, 0.1) is 18.3 Å². The highest BCUT2D eigenvalue weighted by atomic mass is 16.5. The molecular weight excluding hydrogens is 244 g/mol. The lowest BCUT2D eigenvalue weighted by Crippen LogP contribution is -2.29. The number of ether oxygens (including phenoxy) is 1. The van der Waals surface area contributed by atoms with Crippen molar-refractivity contribution in [3.8, 4) is 0 Å². The van der Waals surface area contributed by atoms with Crippen molar-refractivity contribution in [2.45, 2.75) is 25.5 Å². The zero-order valence-electron chi connectivity index (χ0n) is 11.3. The third-order valence-corrected chi connectivity index (χ3v) is 3.50. The van der Waals surface area contributed by atoms with Crippen molar-refractivity contribution in [1.29, 1.82) is 0 Å². The molecular formula is C14H20N2O3. The summed E-state index contributed by atoms with van der Waals surface area (Å²) >= 11 is 0. The zero-order chi connectivity index (χ0) is 14.0. The molecule has 0 spiro atoms. The van der Waals surface area contributed by atoms with Crippen molar-refractivity contribution in [2.24, 2.45) is 0 Å². The van der Waals surface area contributed by atoms with E-state index in [1.165, 1.54) is 7.11 Å². The van der Waals surface area contributed by atoms with Crippen LogP contribution in [0.25, 0.3) is 0 Å². The minimum Gasteiger partial charge on any atom is -0.465 e. The van der Waals surface area contributed by atoms with Gasteiger partial charge in [0.25, 0.3) is 0 Å². The fraction of sp³-hybridized carbons (Fsp3) is 0.500. The van der Waals surface area contributed by atoms with Crippen molar-refractivity contribution in [2.75, 3.05) is 25.9 Å². The molecule has 5 heteroatoms. The molecule has 1 fully saturated rings. The van der Waals surface area contributed by atoms with Gasteiger partial charge < -0.3 is 15.6 Å². The van der Waals surface area contributed by atoms with Crippen LogP contribution in [0.1, 0.15) is 29.3 Å². The average molecular weight is 264 g/mol. The van der Waals surface area contributed by atoms with Gasteiger partial charge in [0, 0.05) is 25.3 Å². The second-order valence-corrected chi connectivity index (χ2v) is 5.33. The number of nitrogen functional groups attached to an aromatic ring is 1. The van der Waals surface area contributed by atoms with Gasteiger partial charge >= 0.3 is 5.97 Å². The quantitative estimate of drug-likeness (QED) is 0.629. The SMILES string of the molecule is COC(=O)c1c(N)cccc1CN1CCC(C)(O)C1. The first-order valence-electron chi connectivity index (χ1n) is 6.33. The molecule has 0 aromatic heterocycles. The minimum atomic E-state index is -0.647. The van der Waals surface area contributed by atoms with E-state index in [4.69, 9.17) is 10.5 Å². The predicted molar refractivity (Wildman–Crippen MR) is 72.7 cm³/mol. The van der Waals surface area contributed by atoms with Gasteiger partial charge in [-0.3, -0.25) is 4.90 Å². The summed E-state index contributed by atoms with van der Waals surface area (Å²) in [5.74, 6) is -0.418. The van der Waals surface area contributed by atoms with E-state index >= 15 is 0 Å². The number of aliphatic hydroxyl groups is 1. The number of carbonyl (C=O) groups excluding carboxylic acids is 1. The molecule has 104 valence electrons. The van der Waals surface area contributed by atoms with Gasteiger partial charge in [-0.15, -0.1) is 0 Å². The minimum absolute atomic E-state index is 0.418. The number of likely N-dealkylation sites (tertiary alicyclic amines) is 1. The number of nitrogens with zero attached hydrogens (tertiary/aromatic N) is 1. The normalized spacial score (nSPS) is 23.5. The highest BCUT2D eigenvalue weighted by molar-refractivity contribution is 5.96. The Bertz CT molecular complexity index is 486. The number of methoxy groups -OCH3 is 1. The first-order valence-corrected chi connectivity index (χ1v) is 6.33. The van der Waals surface area contributed by atoms with Gasteiger partial charge in [0.1, 0.15) is 0 Å². The molecule has 0 bridgehead atoms. The van der Waals surface area contributed by atoms with Crippen LogP contribution in [0.3, 0.4) is 0 Å². The van der Waals surface area contributed by atoms with Gasteiger partial charge in [0.2, 0.25) is 0 Å². The summed E-state index contributed by atoms with van der Waals surface area (Å²) in [6, 6.07) is 5.39. The Morgan fingerprint density at radius 3 is 2.89 bits per heavy atom. The number of benzene rings is 1. The molecule has 5 nitrogen and oxygen atoms in total. The van der Waals surface area contributed by atoms with Crippen LogP contribution in [0.4, 0.5) is 5.69 Å². The van der Waals surface area contributed by atoms with Crippen LogP contribution < -0.4 is 5.73 Å². The maximum absolute atomic E-state index is 11.8. The summed E-state index contributed by atoms with van der Waals surface area (Å²) in [7, 11) is 1.35. The van der Waals surface area contributed by atoms with E-state index in [1.807, 2.05) is 19.1 Å². The molecule has 0 saturated carbocycles. The molecule has 3 N–H and O–H groups in total. The van der Waals surface area contributed by atoms with E-state index in [1.54, 1.807) is 6.07 Å². The molecule has 2 rings (SSSR count). The standard InChI is InChI=1S/C14H20N2O3/c1-14(18)6-7-16(9-14)8-10-4-3-5-11(15)12(10)13(17)19-2/h3-5,18H,6-9,15H2,1-2H3. The van der Waals surface area contributed by atoms with Crippen molar-refractivity contribution >= 4 is 11.7 Å². The van der Waals surface area contributed by atoms with Crippen molar-refractivity contribution in [3.05, 3.63) is 29.3 Å². The van der Waals surface area contributed by atoms with Crippen LogP contribution in [0, 0.1) is 0 Å². The monoisotopic (exact) mass is 264 g/mol. The fourth-order valence-electron chi connectivity index (χ4n) is 2.52. The molecule has 1 atom stereocenters. The van der Waals surface area contributed by atoms with E-state index < -0.39 is 11.6 Å². The number of rotatable bonds is 3. The molecule has 1 unspecified atom stereocenters. The second kappa shape index (κ2) is 5.19. The van der Waals surface area contributed by atoms with Crippen LogP contribution in [0.2, 0.25) is 0 Å². The van der Waals surface area contributed by atoms with Gasteiger partial charge in [-0.1, -0.05) is 12.1 Å². The van der Waals surface area contributed by atoms with E-state index in [9.17, 15) is 9.90 Å². The van der Waals surface area contributed by atoms with E-state index in [0.29, 0.717) is 24.3 Å². The summed E-state index contributed by atoms with van der Waals surface area (Å²) in [6.07, 6.45) is 0.739. The molecule has 0 aliphatic carbocycles.